The zero-order valence-corrected chi connectivity index (χ0v) is 12.4. The zero-order valence-electron chi connectivity index (χ0n) is 11.6. The lowest BCUT2D eigenvalue weighted by molar-refractivity contribution is 0.586. The first kappa shape index (κ1) is 15.4. The molecule has 1 fully saturated rings. The number of hydrogen-bond donors (Lipinski definition) is 0. The van der Waals surface area contributed by atoms with E-state index in [1.54, 1.807) is 0 Å². The standard InChI is InChI=1S/C16H30S/c1-2-3-4-5-6-7-8-12-15-17-16-13-10-9-11-14-16/h10,14,16H,2-9,11-13,15H2,1H3. The Morgan fingerprint density at radius 3 is 2.29 bits per heavy atom. The van der Waals surface area contributed by atoms with Gasteiger partial charge in [-0.1, -0.05) is 51.9 Å². The van der Waals surface area contributed by atoms with E-state index in [9.17, 15) is 0 Å². The number of unbranched alkanes of at least 4 members (excludes halogenated alkanes) is 7. The molecule has 1 atom stereocenters. The van der Waals surface area contributed by atoms with E-state index in [-0.39, 0.29) is 0 Å². The molecule has 0 aromatic heterocycles. The quantitative estimate of drug-likeness (QED) is 0.443. The van der Waals surface area contributed by atoms with Crippen molar-refractivity contribution in [1.82, 2.24) is 0 Å². The number of hydrogen-bond acceptors (Lipinski definition) is 1. The van der Waals surface area contributed by atoms with Crippen LogP contribution >= 0.6 is 11.8 Å². The molecule has 1 unspecified atom stereocenters. The molecule has 0 amide bonds. The molecule has 0 N–H and O–H groups in total. The maximum Gasteiger partial charge on any atom is 0.00811 e. The van der Waals surface area contributed by atoms with Crippen LogP contribution in [0.2, 0.25) is 0 Å². The average Bonchev–Trinajstić information content (AvgIpc) is 2.38. The predicted molar refractivity (Wildman–Crippen MR) is 81.3 cm³/mol. The SMILES string of the molecule is CCCCCCCCCCSC1[CH]CC[CH]C1. The molecule has 0 bridgehead atoms. The summed E-state index contributed by atoms with van der Waals surface area (Å²) in [6.07, 6.45) is 20.5. The molecule has 100 valence electrons. The van der Waals surface area contributed by atoms with Crippen LogP contribution in [0.15, 0.2) is 0 Å². The van der Waals surface area contributed by atoms with Crippen molar-refractivity contribution in [3.8, 4) is 0 Å². The fraction of sp³-hybridized carbons (Fsp3) is 0.875. The molecule has 1 aliphatic rings. The van der Waals surface area contributed by atoms with Crippen LogP contribution in [-0.2, 0) is 0 Å². The lowest BCUT2D eigenvalue weighted by Gasteiger charge is -2.20. The lowest BCUT2D eigenvalue weighted by atomic mass is 10.0. The molecule has 0 aromatic rings. The zero-order chi connectivity index (χ0) is 12.2. The van der Waals surface area contributed by atoms with Crippen molar-refractivity contribution in [2.45, 2.75) is 82.8 Å². The first-order valence-corrected chi connectivity index (χ1v) is 8.75. The van der Waals surface area contributed by atoms with Gasteiger partial charge in [0.1, 0.15) is 0 Å². The van der Waals surface area contributed by atoms with Gasteiger partial charge in [-0.15, -0.1) is 0 Å². The fourth-order valence-corrected chi connectivity index (χ4v) is 3.60. The Labute approximate surface area is 113 Å². The van der Waals surface area contributed by atoms with Crippen molar-refractivity contribution in [2.24, 2.45) is 0 Å². The molecule has 17 heavy (non-hydrogen) atoms. The second-order valence-corrected chi connectivity index (χ2v) is 6.57. The van der Waals surface area contributed by atoms with Crippen LogP contribution < -0.4 is 0 Å². The van der Waals surface area contributed by atoms with Crippen LogP contribution in [0, 0.1) is 12.8 Å². The molecule has 0 aromatic carbocycles. The molecular weight excluding hydrogens is 224 g/mol. The first-order valence-electron chi connectivity index (χ1n) is 7.70. The van der Waals surface area contributed by atoms with Gasteiger partial charge >= 0.3 is 0 Å². The van der Waals surface area contributed by atoms with Crippen molar-refractivity contribution in [2.75, 3.05) is 5.75 Å². The van der Waals surface area contributed by atoms with E-state index < -0.39 is 0 Å². The summed E-state index contributed by atoms with van der Waals surface area (Å²) in [6.45, 7) is 2.29. The summed E-state index contributed by atoms with van der Waals surface area (Å²) in [5.41, 5.74) is 0. The molecule has 1 saturated carbocycles. The third kappa shape index (κ3) is 8.99. The molecule has 0 saturated heterocycles. The van der Waals surface area contributed by atoms with Crippen molar-refractivity contribution in [3.63, 3.8) is 0 Å². The van der Waals surface area contributed by atoms with E-state index in [0.717, 1.165) is 5.25 Å². The second-order valence-electron chi connectivity index (χ2n) is 5.22. The van der Waals surface area contributed by atoms with E-state index in [1.807, 2.05) is 0 Å². The van der Waals surface area contributed by atoms with Gasteiger partial charge in [-0.3, -0.25) is 0 Å². The Kier molecular flexibility index (Phi) is 10.4. The minimum Gasteiger partial charge on any atom is -0.158 e. The van der Waals surface area contributed by atoms with Crippen LogP contribution in [0.5, 0.6) is 0 Å². The lowest BCUT2D eigenvalue weighted by Crippen LogP contribution is -2.09. The van der Waals surface area contributed by atoms with Crippen molar-refractivity contribution in [3.05, 3.63) is 12.8 Å². The highest BCUT2D eigenvalue weighted by molar-refractivity contribution is 8.00. The van der Waals surface area contributed by atoms with Crippen LogP contribution in [0.3, 0.4) is 0 Å². The highest BCUT2D eigenvalue weighted by atomic mass is 32.2. The first-order chi connectivity index (χ1) is 8.43. The summed E-state index contributed by atoms with van der Waals surface area (Å²) in [5.74, 6) is 1.38. The van der Waals surface area contributed by atoms with Crippen LogP contribution in [0.1, 0.15) is 77.6 Å². The molecule has 0 nitrogen and oxygen atoms in total. The van der Waals surface area contributed by atoms with Gasteiger partial charge in [0.05, 0.1) is 0 Å². The van der Waals surface area contributed by atoms with E-state index in [4.69, 9.17) is 0 Å². The Morgan fingerprint density at radius 2 is 1.65 bits per heavy atom. The van der Waals surface area contributed by atoms with Gasteiger partial charge in [-0.25, -0.2) is 0 Å². The minimum absolute atomic E-state index is 0.841. The van der Waals surface area contributed by atoms with Crippen LogP contribution in [0.4, 0.5) is 0 Å². The van der Waals surface area contributed by atoms with Gasteiger partial charge in [0.15, 0.2) is 0 Å². The van der Waals surface area contributed by atoms with Gasteiger partial charge < -0.3 is 0 Å². The van der Waals surface area contributed by atoms with Gasteiger partial charge in [0.25, 0.3) is 0 Å². The normalized spacial score (nSPS) is 17.5. The Balaban J connectivity index is 1.75. The van der Waals surface area contributed by atoms with Crippen molar-refractivity contribution in [1.29, 1.82) is 0 Å². The molecular formula is C16H30S. The van der Waals surface area contributed by atoms with Crippen molar-refractivity contribution >= 4 is 11.8 Å². The average molecular weight is 254 g/mol. The maximum absolute atomic E-state index is 2.52. The molecule has 2 radical (unpaired) electrons. The molecule has 0 heterocycles. The molecule has 1 heteroatoms. The van der Waals surface area contributed by atoms with E-state index >= 15 is 0 Å². The number of thioether (sulfide) groups is 1. The molecule has 1 aliphatic carbocycles. The summed E-state index contributed by atoms with van der Waals surface area (Å²) in [6, 6.07) is 0. The summed E-state index contributed by atoms with van der Waals surface area (Å²) >= 11 is 2.18. The van der Waals surface area contributed by atoms with Crippen molar-refractivity contribution < 1.29 is 0 Å². The van der Waals surface area contributed by atoms with E-state index in [2.05, 4.69) is 31.5 Å². The monoisotopic (exact) mass is 254 g/mol. The van der Waals surface area contributed by atoms with Gasteiger partial charge in [-0.05, 0) is 44.3 Å². The highest BCUT2D eigenvalue weighted by Gasteiger charge is 2.13. The topological polar surface area (TPSA) is 0 Å². The molecule has 0 spiro atoms. The van der Waals surface area contributed by atoms with E-state index in [0.29, 0.717) is 0 Å². The Hall–Kier alpha value is 0.350. The molecule has 0 aliphatic heterocycles. The summed E-state index contributed by atoms with van der Waals surface area (Å²) in [4.78, 5) is 0. The second kappa shape index (κ2) is 11.4. The fourth-order valence-electron chi connectivity index (χ4n) is 2.39. The summed E-state index contributed by atoms with van der Waals surface area (Å²) < 4.78 is 0. The molecule has 1 rings (SSSR count). The third-order valence-corrected chi connectivity index (χ3v) is 4.87. The van der Waals surface area contributed by atoms with Crippen LogP contribution in [0.25, 0.3) is 0 Å². The van der Waals surface area contributed by atoms with E-state index in [1.165, 1.54) is 76.4 Å². The van der Waals surface area contributed by atoms with Gasteiger partial charge in [-0.2, -0.15) is 11.8 Å². The summed E-state index contributed by atoms with van der Waals surface area (Å²) in [5, 5.41) is 0.841. The maximum atomic E-state index is 2.52. The minimum atomic E-state index is 0.841. The Morgan fingerprint density at radius 1 is 0.941 bits per heavy atom. The Bertz CT molecular complexity index is 150. The predicted octanol–water partition coefficient (Wildman–Crippen LogP) is 5.82. The largest absolute Gasteiger partial charge is 0.158 e. The van der Waals surface area contributed by atoms with Crippen LogP contribution in [-0.4, -0.2) is 11.0 Å². The van der Waals surface area contributed by atoms with Gasteiger partial charge in [0.2, 0.25) is 0 Å². The van der Waals surface area contributed by atoms with Gasteiger partial charge in [0, 0.05) is 5.25 Å². The summed E-state index contributed by atoms with van der Waals surface area (Å²) in [7, 11) is 0. The number of rotatable bonds is 10. The third-order valence-electron chi connectivity index (χ3n) is 3.53. The highest BCUT2D eigenvalue weighted by Crippen LogP contribution is 2.27. The smallest absolute Gasteiger partial charge is 0.00811 e.